The van der Waals surface area contributed by atoms with Crippen LogP contribution in [0.15, 0.2) is 42.7 Å². The van der Waals surface area contributed by atoms with E-state index in [1.165, 1.54) is 56.4 Å². The molecular weight excluding hydrogens is 358 g/mol. The molecule has 2 rings (SSSR count). The van der Waals surface area contributed by atoms with E-state index in [4.69, 9.17) is 9.84 Å². The van der Waals surface area contributed by atoms with E-state index >= 15 is 0 Å². The van der Waals surface area contributed by atoms with Crippen molar-refractivity contribution < 1.29 is 24.2 Å². The van der Waals surface area contributed by atoms with Gasteiger partial charge in [-0.05, 0) is 36.6 Å². The number of ether oxygens (including phenoxy) is 2. The topological polar surface area (TPSA) is 77.8 Å². The second-order valence-electron chi connectivity index (χ2n) is 6.88. The minimum absolute atomic E-state index is 0.0376. The Balaban J connectivity index is 1.67. The molecule has 0 spiro atoms. The molecule has 0 aliphatic heterocycles. The number of rotatable bonds is 13. The third-order valence-corrected chi connectivity index (χ3v) is 4.43. The molecule has 0 aliphatic rings. The molecule has 0 saturated carbocycles. The highest BCUT2D eigenvalue weighted by atomic mass is 16.7. The molecule has 0 atom stereocenters. The molecule has 1 aromatic carbocycles. The van der Waals surface area contributed by atoms with Crippen molar-refractivity contribution in [1.82, 2.24) is 4.57 Å². The van der Waals surface area contributed by atoms with Crippen molar-refractivity contribution >= 4 is 11.9 Å². The fourth-order valence-electron chi connectivity index (χ4n) is 2.95. The molecule has 0 saturated heterocycles. The minimum Gasteiger partial charge on any atom is -0.486 e. The van der Waals surface area contributed by atoms with E-state index < -0.39 is 6.16 Å². The average Bonchev–Trinajstić information content (AvgIpc) is 3.09. The fourth-order valence-corrected chi connectivity index (χ4v) is 2.95. The van der Waals surface area contributed by atoms with E-state index in [0.717, 1.165) is 6.42 Å². The van der Waals surface area contributed by atoms with Crippen LogP contribution in [0, 0.1) is 0 Å². The maximum Gasteiger partial charge on any atom is 0.511 e. The zero-order valence-electron chi connectivity index (χ0n) is 16.4. The summed E-state index contributed by atoms with van der Waals surface area (Å²) >= 11 is 0. The Kier molecular flexibility index (Phi) is 9.11. The van der Waals surface area contributed by atoms with Gasteiger partial charge in [-0.1, -0.05) is 51.2 Å². The van der Waals surface area contributed by atoms with Crippen molar-refractivity contribution in [2.75, 3.05) is 6.61 Å². The lowest BCUT2D eigenvalue weighted by atomic mass is 10.0. The van der Waals surface area contributed by atoms with E-state index in [2.05, 4.69) is 11.7 Å². The van der Waals surface area contributed by atoms with Gasteiger partial charge in [0, 0.05) is 12.4 Å². The van der Waals surface area contributed by atoms with Gasteiger partial charge in [-0.25, -0.2) is 4.79 Å². The lowest BCUT2D eigenvalue weighted by molar-refractivity contribution is -0.121. The second kappa shape index (κ2) is 11.8. The van der Waals surface area contributed by atoms with Crippen molar-refractivity contribution in [2.24, 2.45) is 0 Å². The molecule has 0 aliphatic carbocycles. The van der Waals surface area contributed by atoms with Gasteiger partial charge in [0.1, 0.15) is 12.4 Å². The molecule has 0 amide bonds. The van der Waals surface area contributed by atoms with E-state index in [9.17, 15) is 9.59 Å². The molecule has 6 nitrogen and oxygen atoms in total. The Hall–Kier alpha value is -2.76. The maximum absolute atomic E-state index is 12.0. The molecular formula is C22H29NO5. The zero-order chi connectivity index (χ0) is 20.2. The predicted octanol–water partition coefficient (Wildman–Crippen LogP) is 5.10. The zero-order valence-corrected chi connectivity index (χ0v) is 16.4. The molecule has 152 valence electrons. The average molecular weight is 387 g/mol. The van der Waals surface area contributed by atoms with Crippen LogP contribution in [-0.4, -0.2) is 28.2 Å². The number of nitrogens with zero attached hydrogens (tertiary/aromatic N) is 1. The lowest BCUT2D eigenvalue weighted by Crippen LogP contribution is -2.17. The summed E-state index contributed by atoms with van der Waals surface area (Å²) in [4.78, 5) is 22.5. The minimum atomic E-state index is -1.38. The first-order chi connectivity index (χ1) is 13.6. The van der Waals surface area contributed by atoms with Crippen LogP contribution in [0.4, 0.5) is 4.79 Å². The Bertz CT molecular complexity index is 736. The van der Waals surface area contributed by atoms with Gasteiger partial charge in [-0.15, -0.1) is 0 Å². The fraction of sp³-hybridized carbons (Fsp3) is 0.455. The van der Waals surface area contributed by atoms with Crippen molar-refractivity contribution in [3.63, 3.8) is 0 Å². The number of unbranched alkanes of at least 4 members (excludes halogenated alkanes) is 5. The normalized spacial score (nSPS) is 10.6. The number of hydrogen-bond acceptors (Lipinski definition) is 4. The number of carbonyl (C=O) groups excluding carboxylic acids is 1. The van der Waals surface area contributed by atoms with Gasteiger partial charge >= 0.3 is 6.16 Å². The van der Waals surface area contributed by atoms with Gasteiger partial charge in [0.2, 0.25) is 0 Å². The molecule has 2 aromatic rings. The number of aromatic nitrogens is 1. The molecule has 1 N–H and O–H groups in total. The van der Waals surface area contributed by atoms with Crippen molar-refractivity contribution in [3.05, 3.63) is 48.3 Å². The first-order valence-electron chi connectivity index (χ1n) is 9.87. The Morgan fingerprint density at radius 1 is 0.964 bits per heavy atom. The highest BCUT2D eigenvalue weighted by Crippen LogP contribution is 2.16. The Morgan fingerprint density at radius 3 is 2.39 bits per heavy atom. The first-order valence-corrected chi connectivity index (χ1v) is 9.87. The van der Waals surface area contributed by atoms with Crippen LogP contribution in [0.5, 0.6) is 11.5 Å². The molecule has 0 fully saturated rings. The van der Waals surface area contributed by atoms with E-state index in [0.29, 0.717) is 5.75 Å². The number of Topliss-reactive ketones (excluding diaryl/α,β-unsaturated/α-hetero) is 1. The van der Waals surface area contributed by atoms with Gasteiger partial charge in [-0.2, -0.15) is 0 Å². The van der Waals surface area contributed by atoms with Crippen LogP contribution in [0.1, 0.15) is 51.0 Å². The quantitative estimate of drug-likeness (QED) is 0.382. The summed E-state index contributed by atoms with van der Waals surface area (Å²) in [5, 5.41) is 8.56. The van der Waals surface area contributed by atoms with Crippen molar-refractivity contribution in [3.8, 4) is 11.5 Å². The smallest absolute Gasteiger partial charge is 0.486 e. The van der Waals surface area contributed by atoms with Crippen LogP contribution >= 0.6 is 0 Å². The summed E-state index contributed by atoms with van der Waals surface area (Å²) in [6.07, 6.45) is 10.4. The number of aryl methyl sites for hydroxylation is 1. The van der Waals surface area contributed by atoms with Crippen LogP contribution in [-0.2, 0) is 17.8 Å². The SMILES string of the molecule is CCCCCCCCc1ccc(OCC(=O)Cn2ccc(OC(=O)O)c2)cc1. The maximum atomic E-state index is 12.0. The van der Waals surface area contributed by atoms with Crippen molar-refractivity contribution in [1.29, 1.82) is 0 Å². The summed E-state index contributed by atoms with van der Waals surface area (Å²) in [5.74, 6) is 0.734. The molecule has 0 radical (unpaired) electrons. The van der Waals surface area contributed by atoms with E-state index in [-0.39, 0.29) is 24.7 Å². The Labute approximate surface area is 166 Å². The molecule has 6 heteroatoms. The monoisotopic (exact) mass is 387 g/mol. The van der Waals surface area contributed by atoms with E-state index in [1.54, 1.807) is 10.8 Å². The van der Waals surface area contributed by atoms with Gasteiger partial charge in [0.25, 0.3) is 0 Å². The largest absolute Gasteiger partial charge is 0.511 e. The predicted molar refractivity (Wildman–Crippen MR) is 107 cm³/mol. The molecule has 0 bridgehead atoms. The standard InChI is InChI=1S/C22H29NO5/c1-2-3-4-5-6-7-8-18-9-11-20(12-10-18)27-17-19(24)15-23-14-13-21(16-23)28-22(25)26/h9-14,16H,2-8,15,17H2,1H3,(H,25,26). The van der Waals surface area contributed by atoms with Crippen LogP contribution in [0.2, 0.25) is 0 Å². The lowest BCUT2D eigenvalue weighted by Gasteiger charge is -2.07. The number of benzene rings is 1. The molecule has 1 aromatic heterocycles. The van der Waals surface area contributed by atoms with Crippen LogP contribution in [0.25, 0.3) is 0 Å². The number of hydrogen-bond donors (Lipinski definition) is 1. The van der Waals surface area contributed by atoms with Crippen LogP contribution < -0.4 is 9.47 Å². The first kappa shape index (κ1) is 21.5. The third kappa shape index (κ3) is 8.29. The number of carboxylic acid groups (broad SMARTS) is 1. The summed E-state index contributed by atoms with van der Waals surface area (Å²) in [6.45, 7) is 2.29. The van der Waals surface area contributed by atoms with Gasteiger partial charge in [0.15, 0.2) is 11.5 Å². The number of carbonyl (C=O) groups is 2. The molecule has 28 heavy (non-hydrogen) atoms. The summed E-state index contributed by atoms with van der Waals surface area (Å²) in [7, 11) is 0. The van der Waals surface area contributed by atoms with E-state index in [1.807, 2.05) is 24.3 Å². The van der Waals surface area contributed by atoms with Crippen LogP contribution in [0.3, 0.4) is 0 Å². The Morgan fingerprint density at radius 2 is 1.68 bits per heavy atom. The summed E-state index contributed by atoms with van der Waals surface area (Å²) < 4.78 is 11.6. The number of ketones is 1. The highest BCUT2D eigenvalue weighted by Gasteiger charge is 2.08. The summed E-state index contributed by atoms with van der Waals surface area (Å²) in [5.41, 5.74) is 1.28. The molecule has 1 heterocycles. The van der Waals surface area contributed by atoms with Gasteiger partial charge in [-0.3, -0.25) is 4.79 Å². The van der Waals surface area contributed by atoms with Crippen molar-refractivity contribution in [2.45, 2.75) is 58.4 Å². The van der Waals surface area contributed by atoms with Gasteiger partial charge < -0.3 is 19.1 Å². The van der Waals surface area contributed by atoms with Gasteiger partial charge in [0.05, 0.1) is 6.54 Å². The highest BCUT2D eigenvalue weighted by molar-refractivity contribution is 5.79. The summed E-state index contributed by atoms with van der Waals surface area (Å²) in [6, 6.07) is 9.38. The second-order valence-corrected chi connectivity index (χ2v) is 6.88. The third-order valence-electron chi connectivity index (χ3n) is 4.43. The molecule has 0 unspecified atom stereocenters.